The van der Waals surface area contributed by atoms with E-state index in [0.717, 1.165) is 22.6 Å². The number of aryl methyl sites for hydroxylation is 1. The number of nitrogens with zero attached hydrogens (tertiary/aromatic N) is 3. The summed E-state index contributed by atoms with van der Waals surface area (Å²) in [7, 11) is -1.04. The molecule has 146 valence electrons. The molecular weight excluding hydrogens is 384 g/mol. The van der Waals surface area contributed by atoms with Crippen LogP contribution in [0.25, 0.3) is 0 Å². The Labute approximate surface area is 163 Å². The number of benzene rings is 1. The quantitative estimate of drug-likeness (QED) is 0.736. The Hall–Kier alpha value is -1.87. The van der Waals surface area contributed by atoms with Crippen LogP contribution >= 0.6 is 11.8 Å². The zero-order valence-corrected chi connectivity index (χ0v) is 17.4. The lowest BCUT2D eigenvalue weighted by Gasteiger charge is -2.10. The summed E-state index contributed by atoms with van der Waals surface area (Å²) in [5.41, 5.74) is 3.01. The first-order valence-corrected chi connectivity index (χ1v) is 11.6. The predicted octanol–water partition coefficient (Wildman–Crippen LogP) is 2.14. The summed E-state index contributed by atoms with van der Waals surface area (Å²) in [5, 5.41) is 11.9. The van der Waals surface area contributed by atoms with Crippen molar-refractivity contribution in [1.82, 2.24) is 14.8 Å². The van der Waals surface area contributed by atoms with Gasteiger partial charge < -0.3 is 9.88 Å². The van der Waals surface area contributed by atoms with Gasteiger partial charge in [-0.15, -0.1) is 10.2 Å². The summed E-state index contributed by atoms with van der Waals surface area (Å²) in [5.74, 6) is 1.48. The number of carbonyl (C=O) groups excluding carboxylic acids is 1. The number of hydrogen-bond acceptors (Lipinski definition) is 6. The van der Waals surface area contributed by atoms with Gasteiger partial charge in [0.1, 0.15) is 5.82 Å². The zero-order chi connectivity index (χ0) is 19.6. The van der Waals surface area contributed by atoms with E-state index in [2.05, 4.69) is 15.5 Å². The number of aromatic nitrogens is 3. The van der Waals surface area contributed by atoms with Crippen molar-refractivity contribution in [3.8, 4) is 0 Å². The lowest BCUT2D eigenvalue weighted by Crippen LogP contribution is -2.15. The monoisotopic (exact) mass is 408 g/mol. The van der Waals surface area contributed by atoms with Gasteiger partial charge in [-0.3, -0.25) is 4.79 Å². The lowest BCUT2D eigenvalue weighted by atomic mass is 10.1. The molecule has 1 aliphatic rings. The minimum absolute atomic E-state index is 0.0971. The van der Waals surface area contributed by atoms with Crippen LogP contribution in [0.4, 0.5) is 5.69 Å². The third kappa shape index (κ3) is 4.90. The molecule has 9 heteroatoms. The van der Waals surface area contributed by atoms with Crippen LogP contribution in [0.3, 0.4) is 0 Å². The van der Waals surface area contributed by atoms with Gasteiger partial charge in [-0.1, -0.05) is 23.9 Å². The van der Waals surface area contributed by atoms with Gasteiger partial charge >= 0.3 is 0 Å². The van der Waals surface area contributed by atoms with E-state index < -0.39 is 9.84 Å². The second-order valence-electron chi connectivity index (χ2n) is 7.02. The fraction of sp³-hybridized carbons (Fsp3) is 0.500. The van der Waals surface area contributed by atoms with Gasteiger partial charge in [0.25, 0.3) is 0 Å². The highest BCUT2D eigenvalue weighted by Gasteiger charge is 2.29. The average molecular weight is 409 g/mol. The number of sulfone groups is 1. The Kier molecular flexibility index (Phi) is 5.90. The molecule has 0 spiro atoms. The summed E-state index contributed by atoms with van der Waals surface area (Å²) >= 11 is 1.32. The Morgan fingerprint density at radius 1 is 1.33 bits per heavy atom. The molecule has 3 rings (SSSR count). The van der Waals surface area contributed by atoms with E-state index in [0.29, 0.717) is 18.0 Å². The maximum atomic E-state index is 12.3. The number of hydrogen-bond donors (Lipinski definition) is 1. The van der Waals surface area contributed by atoms with Crippen LogP contribution in [0.5, 0.6) is 0 Å². The highest BCUT2D eigenvalue weighted by molar-refractivity contribution is 7.99. The van der Waals surface area contributed by atoms with Crippen LogP contribution in [0.15, 0.2) is 23.4 Å². The summed E-state index contributed by atoms with van der Waals surface area (Å²) in [6.07, 6.45) is 1.27. The van der Waals surface area contributed by atoms with Gasteiger partial charge in [-0.2, -0.15) is 0 Å². The maximum Gasteiger partial charge on any atom is 0.234 e. The van der Waals surface area contributed by atoms with Crippen LogP contribution in [-0.2, 0) is 28.1 Å². The molecule has 0 unspecified atom stereocenters. The van der Waals surface area contributed by atoms with E-state index in [1.807, 2.05) is 43.7 Å². The van der Waals surface area contributed by atoms with Crippen LogP contribution in [0.1, 0.15) is 23.4 Å². The number of anilines is 1. The SMILES string of the molecule is Cc1cccc(NC(=O)CSc2nnc(C[C@@H]3CCS(=O)(=O)C3)n2C)c1C. The third-order valence-electron chi connectivity index (χ3n) is 4.93. The van der Waals surface area contributed by atoms with Crippen molar-refractivity contribution in [3.63, 3.8) is 0 Å². The molecule has 0 saturated carbocycles. The van der Waals surface area contributed by atoms with E-state index in [-0.39, 0.29) is 29.1 Å². The Balaban J connectivity index is 1.56. The fourth-order valence-electron chi connectivity index (χ4n) is 3.14. The standard InChI is InChI=1S/C18H24N4O3S2/c1-12-5-4-6-15(13(12)2)19-17(23)10-26-18-21-20-16(22(18)3)9-14-7-8-27(24,25)11-14/h4-6,14H,7-11H2,1-3H3,(H,19,23)/t14-/m0/s1. The van der Waals surface area contributed by atoms with Crippen molar-refractivity contribution >= 4 is 33.2 Å². The van der Waals surface area contributed by atoms with Crippen molar-refractivity contribution in [2.75, 3.05) is 22.6 Å². The highest BCUT2D eigenvalue weighted by Crippen LogP contribution is 2.24. The zero-order valence-electron chi connectivity index (χ0n) is 15.7. The van der Waals surface area contributed by atoms with Crippen molar-refractivity contribution in [2.24, 2.45) is 13.0 Å². The number of rotatable bonds is 6. The fourth-order valence-corrected chi connectivity index (χ4v) is 5.73. The third-order valence-corrected chi connectivity index (χ3v) is 7.79. The van der Waals surface area contributed by atoms with E-state index >= 15 is 0 Å². The van der Waals surface area contributed by atoms with E-state index in [9.17, 15) is 13.2 Å². The first kappa shape index (κ1) is 19.9. The van der Waals surface area contributed by atoms with Crippen molar-refractivity contribution < 1.29 is 13.2 Å². The van der Waals surface area contributed by atoms with Crippen molar-refractivity contribution in [1.29, 1.82) is 0 Å². The van der Waals surface area contributed by atoms with Crippen LogP contribution < -0.4 is 5.32 Å². The summed E-state index contributed by atoms with van der Waals surface area (Å²) in [6, 6.07) is 5.82. The number of thioether (sulfide) groups is 1. The molecule has 1 aliphatic heterocycles. The van der Waals surface area contributed by atoms with E-state index in [1.165, 1.54) is 11.8 Å². The minimum atomic E-state index is -2.90. The van der Waals surface area contributed by atoms with Crippen molar-refractivity contribution in [3.05, 3.63) is 35.2 Å². The largest absolute Gasteiger partial charge is 0.325 e. The Bertz CT molecular complexity index is 954. The molecule has 0 radical (unpaired) electrons. The predicted molar refractivity (Wildman–Crippen MR) is 107 cm³/mol. The normalized spacial score (nSPS) is 18.6. The molecule has 1 aromatic heterocycles. The lowest BCUT2D eigenvalue weighted by molar-refractivity contribution is -0.113. The molecule has 2 aromatic rings. The van der Waals surface area contributed by atoms with Crippen LogP contribution in [0.2, 0.25) is 0 Å². The molecule has 1 amide bonds. The first-order chi connectivity index (χ1) is 12.7. The Morgan fingerprint density at radius 3 is 2.81 bits per heavy atom. The van der Waals surface area contributed by atoms with E-state index in [1.54, 1.807) is 0 Å². The molecular formula is C18H24N4O3S2. The molecule has 0 bridgehead atoms. The second kappa shape index (κ2) is 8.02. The molecule has 27 heavy (non-hydrogen) atoms. The highest BCUT2D eigenvalue weighted by atomic mass is 32.2. The molecule has 1 fully saturated rings. The number of carbonyl (C=O) groups is 1. The molecule has 0 aliphatic carbocycles. The Morgan fingerprint density at radius 2 is 2.11 bits per heavy atom. The smallest absolute Gasteiger partial charge is 0.234 e. The number of nitrogens with one attached hydrogen (secondary N) is 1. The molecule has 2 heterocycles. The number of amides is 1. The molecule has 1 N–H and O–H groups in total. The first-order valence-electron chi connectivity index (χ1n) is 8.83. The maximum absolute atomic E-state index is 12.3. The van der Waals surface area contributed by atoms with Gasteiger partial charge in [0.15, 0.2) is 15.0 Å². The van der Waals surface area contributed by atoms with Crippen LogP contribution in [-0.4, -0.2) is 46.3 Å². The topological polar surface area (TPSA) is 94.0 Å². The second-order valence-corrected chi connectivity index (χ2v) is 10.2. The van der Waals surface area contributed by atoms with Gasteiger partial charge in [-0.25, -0.2) is 8.42 Å². The van der Waals surface area contributed by atoms with Gasteiger partial charge in [-0.05, 0) is 43.4 Å². The van der Waals surface area contributed by atoms with Gasteiger partial charge in [0.05, 0.1) is 17.3 Å². The van der Waals surface area contributed by atoms with E-state index in [4.69, 9.17) is 0 Å². The van der Waals surface area contributed by atoms with Gasteiger partial charge in [0, 0.05) is 19.2 Å². The molecule has 1 atom stereocenters. The van der Waals surface area contributed by atoms with Gasteiger partial charge in [0.2, 0.25) is 5.91 Å². The summed E-state index contributed by atoms with van der Waals surface area (Å²) in [4.78, 5) is 12.3. The molecule has 7 nitrogen and oxygen atoms in total. The molecule has 1 saturated heterocycles. The van der Waals surface area contributed by atoms with Crippen molar-refractivity contribution in [2.45, 2.75) is 31.8 Å². The summed E-state index contributed by atoms with van der Waals surface area (Å²) < 4.78 is 25.1. The van der Waals surface area contributed by atoms with Crippen LogP contribution in [0, 0.1) is 19.8 Å². The minimum Gasteiger partial charge on any atom is -0.325 e. The summed E-state index contributed by atoms with van der Waals surface area (Å²) in [6.45, 7) is 3.99. The molecule has 1 aromatic carbocycles. The average Bonchev–Trinajstić information content (AvgIpc) is 3.13.